The maximum absolute atomic E-state index is 13.0. The highest BCUT2D eigenvalue weighted by Gasteiger charge is 2.29. The first-order chi connectivity index (χ1) is 14.7. The monoisotopic (exact) mass is 429 g/mol. The summed E-state index contributed by atoms with van der Waals surface area (Å²) < 4.78 is 5.17. The summed E-state index contributed by atoms with van der Waals surface area (Å²) in [5.41, 5.74) is 2.83. The molecule has 2 N–H and O–H groups in total. The lowest BCUT2D eigenvalue weighted by molar-refractivity contribution is -0.126. The van der Waals surface area contributed by atoms with Gasteiger partial charge >= 0.3 is 6.09 Å². The molecule has 1 aliphatic carbocycles. The minimum Gasteiger partial charge on any atom is -0.444 e. The molecule has 0 aromatic heterocycles. The number of piperidine rings is 1. The summed E-state index contributed by atoms with van der Waals surface area (Å²) in [6, 6.07) is 6.06. The summed E-state index contributed by atoms with van der Waals surface area (Å²) in [5, 5.41) is 5.49. The largest absolute Gasteiger partial charge is 0.444 e. The van der Waals surface area contributed by atoms with Crippen LogP contribution in [0.4, 0.5) is 4.79 Å². The minimum atomic E-state index is -0.552. The number of carbonyl (C=O) groups excluding carboxylic acids is 3. The fourth-order valence-corrected chi connectivity index (χ4v) is 4.23. The molecule has 7 nitrogen and oxygen atoms in total. The van der Waals surface area contributed by atoms with Crippen LogP contribution in [0.15, 0.2) is 18.2 Å². The average Bonchev–Trinajstić information content (AvgIpc) is 2.74. The van der Waals surface area contributed by atoms with E-state index in [1.54, 1.807) is 25.7 Å². The topological polar surface area (TPSA) is 87.7 Å². The molecular weight excluding hydrogens is 394 g/mol. The van der Waals surface area contributed by atoms with E-state index in [0.29, 0.717) is 26.2 Å². The van der Waals surface area contributed by atoms with Gasteiger partial charge in [0.2, 0.25) is 5.91 Å². The molecule has 0 radical (unpaired) electrons. The summed E-state index contributed by atoms with van der Waals surface area (Å²) in [5.74, 6) is -0.289. The summed E-state index contributed by atoms with van der Waals surface area (Å²) in [4.78, 5) is 39.1. The van der Waals surface area contributed by atoms with Gasteiger partial charge < -0.3 is 20.3 Å². The molecule has 1 aromatic carbocycles. The summed E-state index contributed by atoms with van der Waals surface area (Å²) >= 11 is 0. The van der Waals surface area contributed by atoms with Gasteiger partial charge in [-0.25, -0.2) is 4.79 Å². The highest BCUT2D eigenvalue weighted by atomic mass is 16.6. The first-order valence-electron chi connectivity index (χ1n) is 11.4. The second kappa shape index (κ2) is 10.2. The second-order valence-corrected chi connectivity index (χ2v) is 9.50. The number of benzene rings is 1. The van der Waals surface area contributed by atoms with Crippen LogP contribution in [0.25, 0.3) is 0 Å². The summed E-state index contributed by atoms with van der Waals surface area (Å²) in [6.07, 6.45) is 5.61. The molecule has 1 saturated heterocycles. The Bertz CT molecular complexity index is 816. The van der Waals surface area contributed by atoms with Crippen LogP contribution in [0.1, 0.15) is 67.9 Å². The number of likely N-dealkylation sites (tertiary alicyclic amines) is 1. The molecule has 1 heterocycles. The number of hydrogen-bond donors (Lipinski definition) is 2. The van der Waals surface area contributed by atoms with Gasteiger partial charge in [-0.05, 0) is 82.6 Å². The van der Waals surface area contributed by atoms with Gasteiger partial charge in [-0.15, -0.1) is 0 Å². The van der Waals surface area contributed by atoms with Gasteiger partial charge in [0, 0.05) is 31.7 Å². The van der Waals surface area contributed by atoms with E-state index in [1.807, 2.05) is 12.1 Å². The van der Waals surface area contributed by atoms with Crippen LogP contribution in [0, 0.1) is 5.92 Å². The number of amides is 3. The quantitative estimate of drug-likeness (QED) is 0.704. The molecule has 0 bridgehead atoms. The van der Waals surface area contributed by atoms with E-state index in [1.165, 1.54) is 24.0 Å². The Morgan fingerprint density at radius 3 is 2.48 bits per heavy atom. The Labute approximate surface area is 184 Å². The van der Waals surface area contributed by atoms with Crippen LogP contribution in [-0.2, 0) is 22.4 Å². The third kappa shape index (κ3) is 6.71. The second-order valence-electron chi connectivity index (χ2n) is 9.50. The van der Waals surface area contributed by atoms with Crippen molar-refractivity contribution in [3.05, 3.63) is 34.9 Å². The molecule has 1 fully saturated rings. The lowest BCUT2D eigenvalue weighted by Gasteiger charge is -2.32. The predicted molar refractivity (Wildman–Crippen MR) is 119 cm³/mol. The van der Waals surface area contributed by atoms with E-state index in [9.17, 15) is 14.4 Å². The van der Waals surface area contributed by atoms with Crippen molar-refractivity contribution in [1.29, 1.82) is 0 Å². The smallest absolute Gasteiger partial charge is 0.407 e. The van der Waals surface area contributed by atoms with Gasteiger partial charge in [-0.1, -0.05) is 6.07 Å². The molecule has 170 valence electrons. The number of aryl methyl sites for hydroxylation is 2. The van der Waals surface area contributed by atoms with E-state index >= 15 is 0 Å². The normalized spacial score (nSPS) is 18.7. The third-order valence-corrected chi connectivity index (χ3v) is 5.77. The predicted octanol–water partition coefficient (Wildman–Crippen LogP) is 3.06. The Hall–Kier alpha value is -2.57. The van der Waals surface area contributed by atoms with Crippen molar-refractivity contribution in [2.45, 2.75) is 64.9 Å². The zero-order valence-electron chi connectivity index (χ0n) is 19.0. The first kappa shape index (κ1) is 23.1. The van der Waals surface area contributed by atoms with Crippen molar-refractivity contribution >= 4 is 17.9 Å². The maximum Gasteiger partial charge on any atom is 0.407 e. The molecule has 31 heavy (non-hydrogen) atoms. The summed E-state index contributed by atoms with van der Waals surface area (Å²) in [6.45, 7) is 7.14. The van der Waals surface area contributed by atoms with E-state index in [4.69, 9.17) is 4.74 Å². The van der Waals surface area contributed by atoms with Gasteiger partial charge in [0.05, 0.1) is 5.92 Å². The van der Waals surface area contributed by atoms with Gasteiger partial charge in [-0.2, -0.15) is 0 Å². The number of fused-ring (bicyclic) bond motifs is 1. The SMILES string of the molecule is CC(C)(C)OC(=O)NCCNC(=O)C1CCCN(C(=O)c2ccc3c(c2)CCCC3)C1. The number of carbonyl (C=O) groups is 3. The van der Waals surface area contributed by atoms with Crippen LogP contribution in [-0.4, -0.2) is 54.6 Å². The Balaban J connectivity index is 1.47. The molecule has 3 rings (SSSR count). The van der Waals surface area contributed by atoms with Crippen LogP contribution >= 0.6 is 0 Å². The van der Waals surface area contributed by atoms with Crippen molar-refractivity contribution in [3.8, 4) is 0 Å². The average molecular weight is 430 g/mol. The minimum absolute atomic E-state index is 0.0115. The van der Waals surface area contributed by atoms with Crippen LogP contribution < -0.4 is 10.6 Å². The Kier molecular flexibility index (Phi) is 7.57. The third-order valence-electron chi connectivity index (χ3n) is 5.77. The van der Waals surface area contributed by atoms with Gasteiger partial charge in [0.25, 0.3) is 5.91 Å². The number of nitrogens with one attached hydrogen (secondary N) is 2. The van der Waals surface area contributed by atoms with Crippen molar-refractivity contribution in [2.75, 3.05) is 26.2 Å². The first-order valence-corrected chi connectivity index (χ1v) is 11.4. The molecule has 3 amide bonds. The van der Waals surface area contributed by atoms with Crippen LogP contribution in [0.5, 0.6) is 0 Å². The van der Waals surface area contributed by atoms with Gasteiger partial charge in [0.15, 0.2) is 0 Å². The lowest BCUT2D eigenvalue weighted by atomic mass is 9.90. The molecule has 1 atom stereocenters. The molecule has 1 aliphatic heterocycles. The zero-order chi connectivity index (χ0) is 22.4. The maximum atomic E-state index is 13.0. The highest BCUT2D eigenvalue weighted by Crippen LogP contribution is 2.24. The lowest BCUT2D eigenvalue weighted by Crippen LogP contribution is -2.46. The Morgan fingerprint density at radius 1 is 1.03 bits per heavy atom. The number of ether oxygens (including phenoxy) is 1. The summed E-state index contributed by atoms with van der Waals surface area (Å²) in [7, 11) is 0. The standard InChI is InChI=1S/C24H35N3O4/c1-24(2,3)31-23(30)26-13-12-25-21(28)20-9-6-14-27(16-20)22(29)19-11-10-17-7-4-5-8-18(17)15-19/h10-11,15,20H,4-9,12-14,16H2,1-3H3,(H,25,28)(H,26,30). The molecular formula is C24H35N3O4. The molecule has 7 heteroatoms. The zero-order valence-corrected chi connectivity index (χ0v) is 19.0. The van der Waals surface area contributed by atoms with Gasteiger partial charge in [-0.3, -0.25) is 9.59 Å². The fraction of sp³-hybridized carbons (Fsp3) is 0.625. The van der Waals surface area contributed by atoms with Crippen LogP contribution in [0.2, 0.25) is 0 Å². The molecule has 1 unspecified atom stereocenters. The van der Waals surface area contributed by atoms with Crippen molar-refractivity contribution < 1.29 is 19.1 Å². The van der Waals surface area contributed by atoms with Crippen molar-refractivity contribution in [1.82, 2.24) is 15.5 Å². The van der Waals surface area contributed by atoms with Crippen molar-refractivity contribution in [3.63, 3.8) is 0 Å². The van der Waals surface area contributed by atoms with E-state index < -0.39 is 11.7 Å². The number of nitrogens with zero attached hydrogens (tertiary/aromatic N) is 1. The fourth-order valence-electron chi connectivity index (χ4n) is 4.23. The molecule has 2 aliphatic rings. The molecule has 0 saturated carbocycles. The van der Waals surface area contributed by atoms with Gasteiger partial charge in [0.1, 0.15) is 5.60 Å². The highest BCUT2D eigenvalue weighted by molar-refractivity contribution is 5.95. The van der Waals surface area contributed by atoms with E-state index in [-0.39, 0.29) is 17.7 Å². The van der Waals surface area contributed by atoms with Crippen molar-refractivity contribution in [2.24, 2.45) is 5.92 Å². The van der Waals surface area contributed by atoms with E-state index in [2.05, 4.69) is 16.7 Å². The number of rotatable bonds is 5. The molecule has 0 spiro atoms. The number of alkyl carbamates (subject to hydrolysis) is 1. The number of hydrogen-bond acceptors (Lipinski definition) is 4. The molecule has 1 aromatic rings. The van der Waals surface area contributed by atoms with Crippen LogP contribution in [0.3, 0.4) is 0 Å². The van der Waals surface area contributed by atoms with E-state index in [0.717, 1.165) is 31.2 Å². The Morgan fingerprint density at radius 2 is 1.74 bits per heavy atom.